The highest BCUT2D eigenvalue weighted by Crippen LogP contribution is 2.26. The molecule has 1 amide bonds. The van der Waals surface area contributed by atoms with E-state index in [-0.39, 0.29) is 17.2 Å². The van der Waals surface area contributed by atoms with E-state index in [4.69, 9.17) is 9.15 Å². The second kappa shape index (κ2) is 6.27. The van der Waals surface area contributed by atoms with Crippen molar-refractivity contribution < 1.29 is 23.8 Å². The Hall–Kier alpha value is -2.77. The summed E-state index contributed by atoms with van der Waals surface area (Å²) >= 11 is 0. The van der Waals surface area contributed by atoms with Gasteiger partial charge in [-0.2, -0.15) is 4.98 Å². The summed E-state index contributed by atoms with van der Waals surface area (Å²) in [5.41, 5.74) is 0.328. The molecule has 1 fully saturated rings. The van der Waals surface area contributed by atoms with Gasteiger partial charge in [0.1, 0.15) is 16.7 Å². The second-order valence-electron chi connectivity index (χ2n) is 6.91. The first-order valence-corrected chi connectivity index (χ1v) is 8.10. The summed E-state index contributed by atoms with van der Waals surface area (Å²) in [6.07, 6.45) is -0.335. The number of fused-ring (bicyclic) bond motifs is 1. The molecular formula is C17H21N3O5. The predicted octanol–water partition coefficient (Wildman–Crippen LogP) is 2.58. The summed E-state index contributed by atoms with van der Waals surface area (Å²) in [5, 5.41) is 9.23. The molecule has 0 unspecified atom stereocenters. The Balaban J connectivity index is 1.71. The van der Waals surface area contributed by atoms with Gasteiger partial charge in [0.15, 0.2) is 5.58 Å². The van der Waals surface area contributed by atoms with Crippen LogP contribution in [0.25, 0.3) is 11.1 Å². The molecular weight excluding hydrogens is 326 g/mol. The van der Waals surface area contributed by atoms with E-state index in [9.17, 15) is 14.7 Å². The molecule has 0 saturated carbocycles. The molecule has 1 aliphatic rings. The number of ether oxygens (including phenoxy) is 1. The molecule has 8 heteroatoms. The smallest absolute Gasteiger partial charge is 0.410 e. The highest BCUT2D eigenvalue weighted by Gasteiger charge is 2.28. The molecule has 1 aliphatic heterocycles. The zero-order valence-corrected chi connectivity index (χ0v) is 14.5. The van der Waals surface area contributed by atoms with E-state index in [1.54, 1.807) is 17.0 Å². The molecule has 25 heavy (non-hydrogen) atoms. The number of carboxylic acid groups (broad SMARTS) is 1. The Kier molecular flexibility index (Phi) is 4.28. The van der Waals surface area contributed by atoms with Crippen LogP contribution >= 0.6 is 0 Å². The number of nitrogens with zero attached hydrogens (tertiary/aromatic N) is 3. The van der Waals surface area contributed by atoms with E-state index in [1.165, 1.54) is 6.07 Å². The first-order chi connectivity index (χ1) is 11.7. The maximum absolute atomic E-state index is 12.1. The van der Waals surface area contributed by atoms with E-state index >= 15 is 0 Å². The number of rotatable bonds is 2. The Labute approximate surface area is 145 Å². The number of benzene rings is 1. The molecule has 1 aromatic heterocycles. The fourth-order valence-corrected chi connectivity index (χ4v) is 2.65. The molecule has 0 bridgehead atoms. The normalized spacial score (nSPS) is 15.5. The quantitative estimate of drug-likeness (QED) is 0.892. The van der Waals surface area contributed by atoms with Crippen molar-refractivity contribution in [3.05, 3.63) is 23.8 Å². The van der Waals surface area contributed by atoms with Crippen LogP contribution in [0, 0.1) is 0 Å². The zero-order valence-electron chi connectivity index (χ0n) is 14.5. The van der Waals surface area contributed by atoms with Gasteiger partial charge in [0, 0.05) is 26.2 Å². The molecule has 1 N–H and O–H groups in total. The number of aromatic nitrogens is 1. The lowest BCUT2D eigenvalue weighted by atomic mass is 10.2. The minimum atomic E-state index is -1.05. The van der Waals surface area contributed by atoms with E-state index in [0.29, 0.717) is 37.7 Å². The van der Waals surface area contributed by atoms with E-state index in [0.717, 1.165) is 0 Å². The van der Waals surface area contributed by atoms with Gasteiger partial charge in [0.25, 0.3) is 6.01 Å². The molecule has 0 spiro atoms. The number of carboxylic acids is 1. The summed E-state index contributed by atoms with van der Waals surface area (Å²) in [7, 11) is 0. The standard InChI is InChI=1S/C17H21N3O5/c1-17(2,3)25-16(23)20-9-7-19(8-10-20)15-18-12-6-4-5-11(14(21)22)13(12)24-15/h4-6H,7-10H2,1-3H3,(H,21,22). The highest BCUT2D eigenvalue weighted by atomic mass is 16.6. The lowest BCUT2D eigenvalue weighted by Gasteiger charge is -2.34. The van der Waals surface area contributed by atoms with Crippen LogP contribution in [0.4, 0.5) is 10.8 Å². The first-order valence-electron chi connectivity index (χ1n) is 8.10. The summed E-state index contributed by atoms with van der Waals surface area (Å²) in [4.78, 5) is 31.3. The Morgan fingerprint density at radius 3 is 2.48 bits per heavy atom. The third-order valence-corrected chi connectivity index (χ3v) is 3.84. The largest absolute Gasteiger partial charge is 0.478 e. The van der Waals surface area contributed by atoms with E-state index in [2.05, 4.69) is 4.98 Å². The highest BCUT2D eigenvalue weighted by molar-refractivity contribution is 6.00. The van der Waals surface area contributed by atoms with Crippen LogP contribution in [0.1, 0.15) is 31.1 Å². The molecule has 0 radical (unpaired) electrons. The van der Waals surface area contributed by atoms with Crippen molar-refractivity contribution in [2.24, 2.45) is 0 Å². The van der Waals surface area contributed by atoms with Crippen molar-refractivity contribution in [1.82, 2.24) is 9.88 Å². The average Bonchev–Trinajstić information content (AvgIpc) is 2.97. The van der Waals surface area contributed by atoms with Gasteiger partial charge in [0.05, 0.1) is 0 Å². The van der Waals surface area contributed by atoms with Gasteiger partial charge < -0.3 is 24.1 Å². The number of hydrogen-bond acceptors (Lipinski definition) is 6. The van der Waals surface area contributed by atoms with Gasteiger partial charge in [-0.3, -0.25) is 0 Å². The molecule has 1 saturated heterocycles. The van der Waals surface area contributed by atoms with Gasteiger partial charge in [0.2, 0.25) is 0 Å². The molecule has 0 atom stereocenters. The summed E-state index contributed by atoms with van der Waals surface area (Å²) < 4.78 is 11.0. The molecule has 8 nitrogen and oxygen atoms in total. The second-order valence-corrected chi connectivity index (χ2v) is 6.91. The van der Waals surface area contributed by atoms with Crippen molar-refractivity contribution in [1.29, 1.82) is 0 Å². The van der Waals surface area contributed by atoms with Gasteiger partial charge in [-0.15, -0.1) is 0 Å². The van der Waals surface area contributed by atoms with Crippen LogP contribution in [0.5, 0.6) is 0 Å². The number of oxazole rings is 1. The van der Waals surface area contributed by atoms with Crippen molar-refractivity contribution in [3.8, 4) is 0 Å². The number of carbonyl (C=O) groups excluding carboxylic acids is 1. The van der Waals surface area contributed by atoms with Crippen LogP contribution in [0.2, 0.25) is 0 Å². The molecule has 0 aliphatic carbocycles. The maximum atomic E-state index is 12.1. The minimum absolute atomic E-state index is 0.0867. The van der Waals surface area contributed by atoms with Crippen LogP contribution in [-0.4, -0.2) is 58.8 Å². The van der Waals surface area contributed by atoms with Crippen LogP contribution in [0.3, 0.4) is 0 Å². The number of amides is 1. The average molecular weight is 347 g/mol. The number of aromatic carboxylic acids is 1. The Morgan fingerprint density at radius 2 is 1.88 bits per heavy atom. The molecule has 3 rings (SSSR count). The van der Waals surface area contributed by atoms with Crippen molar-refractivity contribution in [3.63, 3.8) is 0 Å². The third kappa shape index (κ3) is 3.67. The lowest BCUT2D eigenvalue weighted by molar-refractivity contribution is 0.0238. The topological polar surface area (TPSA) is 96.1 Å². The maximum Gasteiger partial charge on any atom is 0.410 e. The van der Waals surface area contributed by atoms with Crippen molar-refractivity contribution >= 4 is 29.2 Å². The number of carbonyl (C=O) groups is 2. The number of hydrogen-bond donors (Lipinski definition) is 1. The summed E-state index contributed by atoms with van der Waals surface area (Å²) in [5.74, 6) is -1.05. The fourth-order valence-electron chi connectivity index (χ4n) is 2.65. The van der Waals surface area contributed by atoms with Crippen molar-refractivity contribution in [2.45, 2.75) is 26.4 Å². The monoisotopic (exact) mass is 347 g/mol. The van der Waals surface area contributed by atoms with Crippen LogP contribution < -0.4 is 4.90 Å². The van der Waals surface area contributed by atoms with Gasteiger partial charge in [-0.25, -0.2) is 9.59 Å². The molecule has 2 heterocycles. The third-order valence-electron chi connectivity index (χ3n) is 3.84. The van der Waals surface area contributed by atoms with E-state index < -0.39 is 11.6 Å². The van der Waals surface area contributed by atoms with Gasteiger partial charge >= 0.3 is 12.1 Å². The summed E-state index contributed by atoms with van der Waals surface area (Å²) in [6.45, 7) is 7.54. The predicted molar refractivity (Wildman–Crippen MR) is 91.0 cm³/mol. The van der Waals surface area contributed by atoms with Crippen LogP contribution in [0.15, 0.2) is 22.6 Å². The number of anilines is 1. The number of para-hydroxylation sites is 1. The first kappa shape index (κ1) is 17.1. The van der Waals surface area contributed by atoms with Crippen LogP contribution in [-0.2, 0) is 4.74 Å². The minimum Gasteiger partial charge on any atom is -0.478 e. The Morgan fingerprint density at radius 1 is 1.20 bits per heavy atom. The van der Waals surface area contributed by atoms with E-state index in [1.807, 2.05) is 25.7 Å². The SMILES string of the molecule is CC(C)(C)OC(=O)N1CCN(c2nc3cccc(C(=O)O)c3o2)CC1. The molecule has 1 aromatic carbocycles. The summed E-state index contributed by atoms with van der Waals surface area (Å²) in [6, 6.07) is 5.21. The number of piperazine rings is 1. The lowest BCUT2D eigenvalue weighted by Crippen LogP contribution is -2.50. The zero-order chi connectivity index (χ0) is 18.2. The molecule has 2 aromatic rings. The fraction of sp³-hybridized carbons (Fsp3) is 0.471. The van der Waals surface area contributed by atoms with Gasteiger partial charge in [-0.1, -0.05) is 6.07 Å². The van der Waals surface area contributed by atoms with Gasteiger partial charge in [-0.05, 0) is 32.9 Å². The molecule has 134 valence electrons. The van der Waals surface area contributed by atoms with Crippen molar-refractivity contribution in [2.75, 3.05) is 31.1 Å². The Bertz CT molecular complexity index is 800.